The number of carbonyl (C=O) groups excluding carboxylic acids is 1. The van der Waals surface area contributed by atoms with Crippen LogP contribution in [0.2, 0.25) is 0 Å². The summed E-state index contributed by atoms with van der Waals surface area (Å²) in [4.78, 5) is 22.5. The molecular weight excluding hydrogens is 354 g/mol. The van der Waals surface area contributed by atoms with Gasteiger partial charge in [0.05, 0.1) is 4.90 Å². The van der Waals surface area contributed by atoms with Crippen molar-refractivity contribution in [2.24, 2.45) is 5.14 Å². The van der Waals surface area contributed by atoms with E-state index in [4.69, 9.17) is 5.14 Å². The van der Waals surface area contributed by atoms with E-state index in [1.54, 1.807) is 23.1 Å². The zero-order valence-electron chi connectivity index (χ0n) is 14.3. The van der Waals surface area contributed by atoms with Gasteiger partial charge >= 0.3 is 0 Å². The van der Waals surface area contributed by atoms with Gasteiger partial charge in [0.25, 0.3) is 5.91 Å². The Morgan fingerprint density at radius 2 is 1.85 bits per heavy atom. The Morgan fingerprint density at radius 3 is 2.50 bits per heavy atom. The quantitative estimate of drug-likeness (QED) is 0.778. The Hall–Kier alpha value is -2.52. The molecule has 0 unspecified atom stereocenters. The predicted molar refractivity (Wildman–Crippen MR) is 97.2 cm³/mol. The number of anilines is 1. The molecule has 26 heavy (non-hydrogen) atoms. The fourth-order valence-corrected chi connectivity index (χ4v) is 3.35. The van der Waals surface area contributed by atoms with E-state index in [9.17, 15) is 13.2 Å². The van der Waals surface area contributed by atoms with Gasteiger partial charge in [-0.15, -0.1) is 0 Å². The van der Waals surface area contributed by atoms with E-state index in [2.05, 4.69) is 15.3 Å². The number of amides is 1. The van der Waals surface area contributed by atoms with Gasteiger partial charge in [0.15, 0.2) is 0 Å². The van der Waals surface area contributed by atoms with E-state index in [-0.39, 0.29) is 10.8 Å². The number of sulfonamides is 1. The van der Waals surface area contributed by atoms with Gasteiger partial charge in [-0.3, -0.25) is 4.79 Å². The molecule has 1 saturated heterocycles. The van der Waals surface area contributed by atoms with Crippen molar-refractivity contribution >= 4 is 21.7 Å². The summed E-state index contributed by atoms with van der Waals surface area (Å²) in [6.07, 6.45) is 4.12. The van der Waals surface area contributed by atoms with Crippen LogP contribution in [-0.2, 0) is 16.4 Å². The molecule has 2 aromatic rings. The molecule has 1 aliphatic heterocycles. The normalized spacial score (nSPS) is 14.4. The second-order valence-corrected chi connectivity index (χ2v) is 7.71. The fourth-order valence-electron chi connectivity index (χ4n) is 2.83. The Balaban J connectivity index is 1.56. The van der Waals surface area contributed by atoms with E-state index in [1.165, 1.54) is 18.5 Å². The highest BCUT2D eigenvalue weighted by Gasteiger charge is 2.20. The van der Waals surface area contributed by atoms with Crippen LogP contribution in [0.4, 0.5) is 5.82 Å². The summed E-state index contributed by atoms with van der Waals surface area (Å²) >= 11 is 0. The Labute approximate surface area is 152 Å². The van der Waals surface area contributed by atoms with Gasteiger partial charge in [-0.2, -0.15) is 0 Å². The summed E-state index contributed by atoms with van der Waals surface area (Å²) in [5.41, 5.74) is 1.36. The molecule has 0 radical (unpaired) electrons. The number of nitrogens with one attached hydrogen (secondary N) is 1. The molecule has 1 amide bonds. The molecule has 8 nitrogen and oxygen atoms in total. The standard InChI is InChI=1S/C17H21N5O3S/c18-26(24,25)14-5-3-13(4-6-14)7-8-19-16-11-15(20-12-21-16)17(23)22-9-1-2-10-22/h3-6,11-12H,1-2,7-10H2,(H2,18,24,25)(H,19,20,21). The molecule has 0 aliphatic carbocycles. The third-order valence-corrected chi connectivity index (χ3v) is 5.18. The second-order valence-electron chi connectivity index (χ2n) is 6.15. The maximum atomic E-state index is 12.4. The molecular formula is C17H21N5O3S. The van der Waals surface area contributed by atoms with Crippen molar-refractivity contribution in [3.8, 4) is 0 Å². The highest BCUT2D eigenvalue weighted by molar-refractivity contribution is 7.89. The van der Waals surface area contributed by atoms with Gasteiger partial charge in [-0.1, -0.05) is 12.1 Å². The van der Waals surface area contributed by atoms with Crippen molar-refractivity contribution < 1.29 is 13.2 Å². The Morgan fingerprint density at radius 1 is 1.15 bits per heavy atom. The van der Waals surface area contributed by atoms with Crippen LogP contribution in [0.25, 0.3) is 0 Å². The average Bonchev–Trinajstić information content (AvgIpc) is 3.16. The van der Waals surface area contributed by atoms with Crippen molar-refractivity contribution in [1.29, 1.82) is 0 Å². The molecule has 3 N–H and O–H groups in total. The molecule has 1 aromatic heterocycles. The average molecular weight is 375 g/mol. The van der Waals surface area contributed by atoms with E-state index in [1.807, 2.05) is 0 Å². The van der Waals surface area contributed by atoms with Crippen LogP contribution >= 0.6 is 0 Å². The minimum Gasteiger partial charge on any atom is -0.370 e. The largest absolute Gasteiger partial charge is 0.370 e. The Bertz CT molecular complexity index is 878. The van der Waals surface area contributed by atoms with Crippen LogP contribution in [0.3, 0.4) is 0 Å². The number of rotatable bonds is 6. The number of nitrogens with two attached hydrogens (primary N) is 1. The lowest BCUT2D eigenvalue weighted by Gasteiger charge is -2.14. The van der Waals surface area contributed by atoms with E-state index in [0.29, 0.717) is 24.5 Å². The molecule has 0 bridgehead atoms. The minimum atomic E-state index is -3.67. The molecule has 1 aromatic carbocycles. The first kappa shape index (κ1) is 18.3. The fraction of sp³-hybridized carbons (Fsp3) is 0.353. The number of hydrogen-bond donors (Lipinski definition) is 2. The topological polar surface area (TPSA) is 118 Å². The summed E-state index contributed by atoms with van der Waals surface area (Å²) in [6, 6.07) is 8.09. The van der Waals surface area contributed by atoms with Gasteiger partial charge < -0.3 is 10.2 Å². The van der Waals surface area contributed by atoms with Gasteiger partial charge in [-0.05, 0) is 37.0 Å². The van der Waals surface area contributed by atoms with Crippen molar-refractivity contribution in [3.05, 3.63) is 47.9 Å². The highest BCUT2D eigenvalue weighted by Crippen LogP contribution is 2.13. The molecule has 3 rings (SSSR count). The third kappa shape index (κ3) is 4.55. The zero-order chi connectivity index (χ0) is 18.6. The van der Waals surface area contributed by atoms with Crippen LogP contribution < -0.4 is 10.5 Å². The maximum Gasteiger partial charge on any atom is 0.272 e. The number of carbonyl (C=O) groups is 1. The number of hydrogen-bond acceptors (Lipinski definition) is 6. The van der Waals surface area contributed by atoms with Crippen molar-refractivity contribution in [1.82, 2.24) is 14.9 Å². The van der Waals surface area contributed by atoms with Gasteiger partial charge in [0, 0.05) is 25.7 Å². The van der Waals surface area contributed by atoms with Crippen LogP contribution in [-0.4, -0.2) is 48.8 Å². The van der Waals surface area contributed by atoms with Gasteiger partial charge in [-0.25, -0.2) is 23.5 Å². The zero-order valence-corrected chi connectivity index (χ0v) is 15.1. The number of aromatic nitrogens is 2. The lowest BCUT2D eigenvalue weighted by Crippen LogP contribution is -2.28. The van der Waals surface area contributed by atoms with Crippen LogP contribution in [0.5, 0.6) is 0 Å². The van der Waals surface area contributed by atoms with E-state index >= 15 is 0 Å². The number of primary sulfonamides is 1. The first-order valence-corrected chi connectivity index (χ1v) is 9.95. The molecule has 138 valence electrons. The minimum absolute atomic E-state index is 0.0634. The SMILES string of the molecule is NS(=O)(=O)c1ccc(CCNc2cc(C(=O)N3CCCC3)ncn2)cc1. The second kappa shape index (κ2) is 7.79. The van der Waals surface area contributed by atoms with Crippen LogP contribution in [0.1, 0.15) is 28.9 Å². The number of benzene rings is 1. The van der Waals surface area contributed by atoms with Crippen molar-refractivity contribution in [2.75, 3.05) is 25.0 Å². The molecule has 1 aliphatic rings. The van der Waals surface area contributed by atoms with E-state index < -0.39 is 10.0 Å². The first-order chi connectivity index (χ1) is 12.4. The number of nitrogens with zero attached hydrogens (tertiary/aromatic N) is 3. The van der Waals surface area contributed by atoms with Crippen LogP contribution in [0, 0.1) is 0 Å². The molecule has 2 heterocycles. The Kier molecular flexibility index (Phi) is 5.48. The van der Waals surface area contributed by atoms with Crippen molar-refractivity contribution in [2.45, 2.75) is 24.2 Å². The monoisotopic (exact) mass is 375 g/mol. The third-order valence-electron chi connectivity index (χ3n) is 4.25. The summed E-state index contributed by atoms with van der Waals surface area (Å²) in [7, 11) is -3.67. The van der Waals surface area contributed by atoms with Gasteiger partial charge in [0.2, 0.25) is 10.0 Å². The molecule has 0 spiro atoms. The summed E-state index contributed by atoms with van der Waals surface area (Å²) in [6.45, 7) is 2.14. The summed E-state index contributed by atoms with van der Waals surface area (Å²) in [5.74, 6) is 0.523. The summed E-state index contributed by atoms with van der Waals surface area (Å²) < 4.78 is 22.5. The van der Waals surface area contributed by atoms with Gasteiger partial charge in [0.1, 0.15) is 17.8 Å². The first-order valence-electron chi connectivity index (χ1n) is 8.40. The smallest absolute Gasteiger partial charge is 0.272 e. The molecule has 1 fully saturated rings. The van der Waals surface area contributed by atoms with Crippen molar-refractivity contribution in [3.63, 3.8) is 0 Å². The predicted octanol–water partition coefficient (Wildman–Crippen LogP) is 1.01. The number of likely N-dealkylation sites (tertiary alicyclic amines) is 1. The lowest BCUT2D eigenvalue weighted by atomic mass is 10.1. The highest BCUT2D eigenvalue weighted by atomic mass is 32.2. The van der Waals surface area contributed by atoms with Crippen LogP contribution in [0.15, 0.2) is 41.6 Å². The lowest BCUT2D eigenvalue weighted by molar-refractivity contribution is 0.0787. The molecule has 0 saturated carbocycles. The maximum absolute atomic E-state index is 12.4. The molecule has 0 atom stereocenters. The summed E-state index contributed by atoms with van der Waals surface area (Å²) in [5, 5.41) is 8.24. The van der Waals surface area contributed by atoms with E-state index in [0.717, 1.165) is 31.5 Å². The molecule has 9 heteroatoms.